The highest BCUT2D eigenvalue weighted by Crippen LogP contribution is 2.20. The van der Waals surface area contributed by atoms with E-state index in [4.69, 9.17) is 4.42 Å². The normalized spacial score (nSPS) is 10.4. The number of hydrogen-bond donors (Lipinski definition) is 1. The largest absolute Gasteiger partial charge is 0.423 e. The lowest BCUT2D eigenvalue weighted by molar-refractivity contribution is 0.568. The van der Waals surface area contributed by atoms with Gasteiger partial charge in [0, 0.05) is 17.8 Å². The molecule has 0 amide bonds. The van der Waals surface area contributed by atoms with Gasteiger partial charge >= 0.3 is 0 Å². The highest BCUT2D eigenvalue weighted by atomic mass is 16.4. The van der Waals surface area contributed by atoms with Crippen LogP contribution in [0.1, 0.15) is 26.2 Å². The van der Waals surface area contributed by atoms with Crippen molar-refractivity contribution in [3.8, 4) is 11.5 Å². The molecule has 2 rings (SSSR count). The molecule has 4 nitrogen and oxygen atoms in total. The fourth-order valence-corrected chi connectivity index (χ4v) is 1.67. The van der Waals surface area contributed by atoms with Crippen molar-refractivity contribution in [3.63, 3.8) is 0 Å². The Morgan fingerprint density at radius 3 is 3.00 bits per heavy atom. The van der Waals surface area contributed by atoms with E-state index in [0.717, 1.165) is 17.8 Å². The number of aromatic nitrogens is 2. The summed E-state index contributed by atoms with van der Waals surface area (Å²) in [6, 6.07) is 8.03. The number of nitrogens with one attached hydrogen (secondary N) is 1. The van der Waals surface area contributed by atoms with Gasteiger partial charge in [-0.1, -0.05) is 25.8 Å². The molecule has 0 saturated carbocycles. The second-order valence-electron chi connectivity index (χ2n) is 3.96. The fourth-order valence-electron chi connectivity index (χ4n) is 1.67. The summed E-state index contributed by atoms with van der Waals surface area (Å²) in [7, 11) is 0. The summed E-state index contributed by atoms with van der Waals surface area (Å²) in [6.07, 6.45) is 5.04. The Morgan fingerprint density at radius 2 is 2.24 bits per heavy atom. The fraction of sp³-hybridized carbons (Fsp3) is 0.385. The third-order valence-corrected chi connectivity index (χ3v) is 2.58. The molecule has 1 heterocycles. The van der Waals surface area contributed by atoms with Crippen LogP contribution in [-0.4, -0.2) is 16.7 Å². The highest BCUT2D eigenvalue weighted by Gasteiger charge is 2.03. The third kappa shape index (κ3) is 3.31. The maximum atomic E-state index is 5.17. The Labute approximate surface area is 101 Å². The third-order valence-electron chi connectivity index (χ3n) is 2.58. The van der Waals surface area contributed by atoms with Gasteiger partial charge in [0.1, 0.15) is 0 Å². The minimum absolute atomic E-state index is 0.558. The number of benzene rings is 1. The lowest BCUT2D eigenvalue weighted by Gasteiger charge is -2.06. The van der Waals surface area contributed by atoms with Gasteiger partial charge in [0.05, 0.1) is 0 Å². The lowest BCUT2D eigenvalue weighted by atomic mass is 10.2. The quantitative estimate of drug-likeness (QED) is 0.775. The zero-order chi connectivity index (χ0) is 11.9. The molecule has 1 N–H and O–H groups in total. The predicted molar refractivity (Wildman–Crippen MR) is 67.7 cm³/mol. The zero-order valence-electron chi connectivity index (χ0n) is 10.0. The van der Waals surface area contributed by atoms with Crippen molar-refractivity contribution in [3.05, 3.63) is 30.7 Å². The Kier molecular flexibility index (Phi) is 4.13. The average molecular weight is 231 g/mol. The predicted octanol–water partition coefficient (Wildman–Crippen LogP) is 3.34. The van der Waals surface area contributed by atoms with Crippen molar-refractivity contribution < 1.29 is 4.42 Å². The number of hydrogen-bond acceptors (Lipinski definition) is 4. The van der Waals surface area contributed by atoms with E-state index in [1.165, 1.54) is 25.7 Å². The first-order valence-corrected chi connectivity index (χ1v) is 6.00. The van der Waals surface area contributed by atoms with Crippen LogP contribution in [0.5, 0.6) is 0 Å². The molecule has 0 unspecified atom stereocenters. The van der Waals surface area contributed by atoms with Crippen LogP contribution >= 0.6 is 0 Å². The van der Waals surface area contributed by atoms with Gasteiger partial charge in [-0.15, -0.1) is 10.2 Å². The van der Waals surface area contributed by atoms with Crippen LogP contribution in [0, 0.1) is 0 Å². The summed E-state index contributed by atoms with van der Waals surface area (Å²) >= 11 is 0. The molecule has 0 aliphatic rings. The van der Waals surface area contributed by atoms with Crippen molar-refractivity contribution in [1.29, 1.82) is 0 Å². The van der Waals surface area contributed by atoms with Gasteiger partial charge in [0.25, 0.3) is 0 Å². The van der Waals surface area contributed by atoms with E-state index in [1.54, 1.807) is 0 Å². The van der Waals surface area contributed by atoms with Crippen LogP contribution in [0.4, 0.5) is 5.69 Å². The molecular formula is C13H17N3O. The van der Waals surface area contributed by atoms with Crippen LogP contribution in [0.15, 0.2) is 35.1 Å². The SMILES string of the molecule is CCCCCNc1cccc(-c2nnco2)c1. The Morgan fingerprint density at radius 1 is 1.29 bits per heavy atom. The molecule has 0 atom stereocenters. The van der Waals surface area contributed by atoms with E-state index in [-0.39, 0.29) is 0 Å². The van der Waals surface area contributed by atoms with E-state index >= 15 is 0 Å². The van der Waals surface area contributed by atoms with Crippen molar-refractivity contribution >= 4 is 5.69 Å². The molecule has 90 valence electrons. The maximum absolute atomic E-state index is 5.17. The molecule has 1 aromatic heterocycles. The number of rotatable bonds is 6. The van der Waals surface area contributed by atoms with Gasteiger partial charge in [0.2, 0.25) is 12.3 Å². The average Bonchev–Trinajstić information content (AvgIpc) is 2.89. The minimum atomic E-state index is 0.558. The first-order valence-electron chi connectivity index (χ1n) is 6.00. The highest BCUT2D eigenvalue weighted by molar-refractivity contribution is 5.60. The molecule has 2 aromatic rings. The summed E-state index contributed by atoms with van der Waals surface area (Å²) in [6.45, 7) is 3.21. The molecule has 1 aromatic carbocycles. The van der Waals surface area contributed by atoms with Crippen molar-refractivity contribution in [2.45, 2.75) is 26.2 Å². The summed E-state index contributed by atoms with van der Waals surface area (Å²) in [4.78, 5) is 0. The first-order chi connectivity index (χ1) is 8.40. The molecule has 0 aliphatic heterocycles. The minimum Gasteiger partial charge on any atom is -0.423 e. The Hall–Kier alpha value is -1.84. The van der Waals surface area contributed by atoms with Gasteiger partial charge in [0.15, 0.2) is 0 Å². The monoisotopic (exact) mass is 231 g/mol. The van der Waals surface area contributed by atoms with Gasteiger partial charge in [-0.2, -0.15) is 0 Å². The van der Waals surface area contributed by atoms with Crippen LogP contribution < -0.4 is 5.32 Å². The van der Waals surface area contributed by atoms with Crippen LogP contribution in [0.2, 0.25) is 0 Å². The van der Waals surface area contributed by atoms with Gasteiger partial charge in [-0.25, -0.2) is 0 Å². The first kappa shape index (κ1) is 11.6. The summed E-state index contributed by atoms with van der Waals surface area (Å²) in [5, 5.41) is 11.0. The molecule has 0 aliphatic carbocycles. The van der Waals surface area contributed by atoms with E-state index in [9.17, 15) is 0 Å². The smallest absolute Gasteiger partial charge is 0.247 e. The molecule has 0 bridgehead atoms. The van der Waals surface area contributed by atoms with E-state index in [2.05, 4.69) is 22.4 Å². The van der Waals surface area contributed by atoms with Crippen LogP contribution in [-0.2, 0) is 0 Å². The number of unbranched alkanes of at least 4 members (excludes halogenated alkanes) is 2. The molecule has 0 radical (unpaired) electrons. The zero-order valence-corrected chi connectivity index (χ0v) is 10.0. The van der Waals surface area contributed by atoms with Gasteiger partial charge in [-0.05, 0) is 24.6 Å². The molecule has 0 fully saturated rings. The Bertz CT molecular complexity index is 440. The molecule has 0 spiro atoms. The summed E-state index contributed by atoms with van der Waals surface area (Å²) in [5.74, 6) is 0.558. The maximum Gasteiger partial charge on any atom is 0.247 e. The standard InChI is InChI=1S/C13H17N3O/c1-2-3-4-8-14-12-7-5-6-11(9-12)13-16-15-10-17-13/h5-7,9-10,14H,2-4,8H2,1H3. The van der Waals surface area contributed by atoms with Crippen molar-refractivity contribution in [2.75, 3.05) is 11.9 Å². The number of nitrogens with zero attached hydrogens (tertiary/aromatic N) is 2. The van der Waals surface area contributed by atoms with E-state index in [0.29, 0.717) is 5.89 Å². The van der Waals surface area contributed by atoms with E-state index in [1.807, 2.05) is 24.3 Å². The van der Waals surface area contributed by atoms with Crippen LogP contribution in [0.3, 0.4) is 0 Å². The lowest BCUT2D eigenvalue weighted by Crippen LogP contribution is -2.01. The molecule has 0 saturated heterocycles. The topological polar surface area (TPSA) is 51.0 Å². The molecular weight excluding hydrogens is 214 g/mol. The van der Waals surface area contributed by atoms with Crippen LogP contribution in [0.25, 0.3) is 11.5 Å². The number of anilines is 1. The molecule has 4 heteroatoms. The summed E-state index contributed by atoms with van der Waals surface area (Å²) < 4.78 is 5.17. The second-order valence-corrected chi connectivity index (χ2v) is 3.96. The van der Waals surface area contributed by atoms with Crippen molar-refractivity contribution in [1.82, 2.24) is 10.2 Å². The summed E-state index contributed by atoms with van der Waals surface area (Å²) in [5.41, 5.74) is 2.04. The van der Waals surface area contributed by atoms with E-state index < -0.39 is 0 Å². The second kappa shape index (κ2) is 6.03. The van der Waals surface area contributed by atoms with Gasteiger partial charge in [-0.3, -0.25) is 0 Å². The molecule has 17 heavy (non-hydrogen) atoms. The Balaban J connectivity index is 1.97. The van der Waals surface area contributed by atoms with Gasteiger partial charge < -0.3 is 9.73 Å². The van der Waals surface area contributed by atoms with Crippen molar-refractivity contribution in [2.24, 2.45) is 0 Å².